The molecule has 2 N–H and O–H groups in total. The first kappa shape index (κ1) is 20.0. The Labute approximate surface area is 164 Å². The van der Waals surface area contributed by atoms with Crippen LogP contribution < -0.4 is 14.9 Å². The summed E-state index contributed by atoms with van der Waals surface area (Å²) in [6.45, 7) is 5.15. The van der Waals surface area contributed by atoms with Crippen LogP contribution in [-0.2, 0) is 10.0 Å². The average Bonchev–Trinajstić information content (AvgIpc) is 3.22. The molecule has 148 valence electrons. The molecule has 0 unspecified atom stereocenters. The molecule has 2 aromatic rings. The van der Waals surface area contributed by atoms with E-state index >= 15 is 0 Å². The summed E-state index contributed by atoms with van der Waals surface area (Å²) in [6, 6.07) is 10.3. The van der Waals surface area contributed by atoms with Crippen molar-refractivity contribution >= 4 is 27.3 Å². The Morgan fingerprint density at radius 1 is 1.18 bits per heavy atom. The van der Waals surface area contributed by atoms with E-state index in [4.69, 9.17) is 0 Å². The maximum Gasteiger partial charge on any atom is 0.255 e. The first-order chi connectivity index (χ1) is 13.4. The van der Waals surface area contributed by atoms with E-state index in [1.54, 1.807) is 12.1 Å². The van der Waals surface area contributed by atoms with Gasteiger partial charge in [0, 0.05) is 25.2 Å². The Bertz CT molecular complexity index is 986. The van der Waals surface area contributed by atoms with E-state index in [1.807, 2.05) is 4.90 Å². The fourth-order valence-electron chi connectivity index (χ4n) is 3.10. The zero-order valence-corrected chi connectivity index (χ0v) is 16.1. The van der Waals surface area contributed by atoms with Crippen molar-refractivity contribution in [2.24, 2.45) is 0 Å². The van der Waals surface area contributed by atoms with Gasteiger partial charge in [-0.3, -0.25) is 4.79 Å². The van der Waals surface area contributed by atoms with E-state index in [2.05, 4.69) is 16.6 Å². The quantitative estimate of drug-likeness (QED) is 0.696. The molecule has 0 spiro atoms. The van der Waals surface area contributed by atoms with Gasteiger partial charge in [-0.05, 0) is 43.2 Å². The second-order valence-corrected chi connectivity index (χ2v) is 8.22. The fraction of sp³-hybridized carbons (Fsp3) is 0.250. The van der Waals surface area contributed by atoms with Crippen LogP contribution in [0.15, 0.2) is 60.0 Å². The van der Waals surface area contributed by atoms with Crippen molar-refractivity contribution in [3.05, 3.63) is 66.5 Å². The van der Waals surface area contributed by atoms with Crippen LogP contribution in [0, 0.1) is 5.82 Å². The lowest BCUT2D eigenvalue weighted by Gasteiger charge is -2.22. The van der Waals surface area contributed by atoms with Crippen molar-refractivity contribution in [3.63, 3.8) is 0 Å². The normalized spacial score (nSPS) is 14.1. The zero-order chi connectivity index (χ0) is 20.1. The predicted molar refractivity (Wildman–Crippen MR) is 108 cm³/mol. The molecule has 3 rings (SSSR count). The molecule has 0 saturated carbocycles. The van der Waals surface area contributed by atoms with E-state index in [-0.39, 0.29) is 22.7 Å². The third kappa shape index (κ3) is 4.40. The van der Waals surface area contributed by atoms with Gasteiger partial charge in [-0.1, -0.05) is 18.2 Å². The number of sulfonamides is 1. The fourth-order valence-corrected chi connectivity index (χ4v) is 4.14. The van der Waals surface area contributed by atoms with Crippen molar-refractivity contribution in [2.45, 2.75) is 17.7 Å². The molecule has 0 aliphatic carbocycles. The number of para-hydroxylation sites is 1. The molecule has 0 aromatic heterocycles. The summed E-state index contributed by atoms with van der Waals surface area (Å²) >= 11 is 0. The maximum atomic E-state index is 14.4. The number of nitrogens with one attached hydrogen (secondary N) is 2. The van der Waals surface area contributed by atoms with E-state index in [1.165, 1.54) is 36.4 Å². The molecular formula is C20H22FN3O3S. The summed E-state index contributed by atoms with van der Waals surface area (Å²) in [5, 5.41) is 2.61. The van der Waals surface area contributed by atoms with Crippen LogP contribution in [0.1, 0.15) is 23.2 Å². The molecule has 1 saturated heterocycles. The standard InChI is InChI=1S/C20H22FN3O3S/c1-2-11-22-28(26,27)16-8-5-7-15(14-16)20(25)23-19-17(21)9-6-10-18(19)24-12-3-4-13-24/h2,5-10,14,22H,1,3-4,11-13H2,(H,23,25). The van der Waals surface area contributed by atoms with Crippen molar-refractivity contribution in [1.29, 1.82) is 0 Å². The van der Waals surface area contributed by atoms with Crippen LogP contribution in [0.2, 0.25) is 0 Å². The minimum atomic E-state index is -3.76. The molecule has 0 atom stereocenters. The first-order valence-electron chi connectivity index (χ1n) is 8.98. The third-order valence-corrected chi connectivity index (χ3v) is 5.92. The predicted octanol–water partition coefficient (Wildman–Crippen LogP) is 3.14. The van der Waals surface area contributed by atoms with Gasteiger partial charge in [-0.15, -0.1) is 6.58 Å². The molecule has 1 heterocycles. The van der Waals surface area contributed by atoms with Crippen LogP contribution in [0.4, 0.5) is 15.8 Å². The molecular weight excluding hydrogens is 381 g/mol. The number of benzene rings is 2. The molecule has 28 heavy (non-hydrogen) atoms. The number of anilines is 2. The average molecular weight is 403 g/mol. The number of halogens is 1. The monoisotopic (exact) mass is 403 g/mol. The molecule has 1 aliphatic heterocycles. The number of hydrogen-bond donors (Lipinski definition) is 2. The number of carbonyl (C=O) groups is 1. The first-order valence-corrected chi connectivity index (χ1v) is 10.5. The molecule has 0 bridgehead atoms. The van der Waals surface area contributed by atoms with Crippen molar-refractivity contribution in [2.75, 3.05) is 29.9 Å². The lowest BCUT2D eigenvalue weighted by Crippen LogP contribution is -2.24. The number of rotatable bonds is 7. The minimum absolute atomic E-state index is 0.0460. The zero-order valence-electron chi connectivity index (χ0n) is 15.3. The summed E-state index contributed by atoms with van der Waals surface area (Å²) < 4.78 is 41.3. The summed E-state index contributed by atoms with van der Waals surface area (Å²) in [5.74, 6) is -1.11. The van der Waals surface area contributed by atoms with Crippen LogP contribution >= 0.6 is 0 Å². The van der Waals surface area contributed by atoms with Crippen LogP contribution in [0.5, 0.6) is 0 Å². The molecule has 1 fully saturated rings. The van der Waals surface area contributed by atoms with Gasteiger partial charge < -0.3 is 10.2 Å². The van der Waals surface area contributed by atoms with E-state index < -0.39 is 21.7 Å². The number of nitrogens with zero attached hydrogens (tertiary/aromatic N) is 1. The van der Waals surface area contributed by atoms with Gasteiger partial charge in [0.25, 0.3) is 5.91 Å². The lowest BCUT2D eigenvalue weighted by atomic mass is 10.2. The molecule has 1 amide bonds. The molecule has 6 nitrogen and oxygen atoms in total. The van der Waals surface area contributed by atoms with Crippen molar-refractivity contribution in [1.82, 2.24) is 4.72 Å². The van der Waals surface area contributed by atoms with Gasteiger partial charge in [0.05, 0.1) is 10.6 Å². The third-order valence-electron chi connectivity index (χ3n) is 4.50. The Balaban J connectivity index is 1.87. The van der Waals surface area contributed by atoms with Gasteiger partial charge >= 0.3 is 0 Å². The van der Waals surface area contributed by atoms with Crippen LogP contribution in [0.25, 0.3) is 0 Å². The van der Waals surface area contributed by atoms with Crippen LogP contribution in [0.3, 0.4) is 0 Å². The van der Waals surface area contributed by atoms with Gasteiger partial charge in [0.15, 0.2) is 0 Å². The van der Waals surface area contributed by atoms with Crippen molar-refractivity contribution < 1.29 is 17.6 Å². The highest BCUT2D eigenvalue weighted by Gasteiger charge is 2.21. The lowest BCUT2D eigenvalue weighted by molar-refractivity contribution is 0.102. The topological polar surface area (TPSA) is 78.5 Å². The summed E-state index contributed by atoms with van der Waals surface area (Å²) in [6.07, 6.45) is 3.45. The van der Waals surface area contributed by atoms with Crippen LogP contribution in [-0.4, -0.2) is 34.0 Å². The van der Waals surface area contributed by atoms with E-state index in [0.717, 1.165) is 25.9 Å². The number of amides is 1. The highest BCUT2D eigenvalue weighted by atomic mass is 32.2. The molecule has 2 aromatic carbocycles. The van der Waals surface area contributed by atoms with Gasteiger partial charge in [-0.25, -0.2) is 17.5 Å². The molecule has 0 radical (unpaired) electrons. The maximum absolute atomic E-state index is 14.4. The Kier molecular flexibility index (Phi) is 6.11. The SMILES string of the molecule is C=CCNS(=O)(=O)c1cccc(C(=O)Nc2c(F)cccc2N2CCCC2)c1. The minimum Gasteiger partial charge on any atom is -0.370 e. The Morgan fingerprint density at radius 2 is 1.89 bits per heavy atom. The van der Waals surface area contributed by atoms with E-state index in [9.17, 15) is 17.6 Å². The Hall–Kier alpha value is -2.71. The smallest absolute Gasteiger partial charge is 0.255 e. The molecule has 8 heteroatoms. The summed E-state index contributed by atoms with van der Waals surface area (Å²) in [7, 11) is -3.76. The molecule has 1 aliphatic rings. The van der Waals surface area contributed by atoms with Gasteiger partial charge in [0.1, 0.15) is 11.5 Å². The summed E-state index contributed by atoms with van der Waals surface area (Å²) in [4.78, 5) is 14.7. The number of carbonyl (C=O) groups excluding carboxylic acids is 1. The summed E-state index contributed by atoms with van der Waals surface area (Å²) in [5.41, 5.74) is 0.854. The van der Waals surface area contributed by atoms with E-state index in [0.29, 0.717) is 5.69 Å². The largest absolute Gasteiger partial charge is 0.370 e. The van der Waals surface area contributed by atoms with Gasteiger partial charge in [0.2, 0.25) is 10.0 Å². The highest BCUT2D eigenvalue weighted by Crippen LogP contribution is 2.31. The second-order valence-electron chi connectivity index (χ2n) is 6.45. The van der Waals surface area contributed by atoms with Gasteiger partial charge in [-0.2, -0.15) is 0 Å². The highest BCUT2D eigenvalue weighted by molar-refractivity contribution is 7.89. The number of hydrogen-bond acceptors (Lipinski definition) is 4. The Morgan fingerprint density at radius 3 is 2.61 bits per heavy atom. The second kappa shape index (κ2) is 8.53. The van der Waals surface area contributed by atoms with Crippen molar-refractivity contribution in [3.8, 4) is 0 Å².